The molecule has 0 unspecified atom stereocenters. The summed E-state index contributed by atoms with van der Waals surface area (Å²) in [4.78, 5) is 23.4. The van der Waals surface area contributed by atoms with E-state index >= 15 is 0 Å². The summed E-state index contributed by atoms with van der Waals surface area (Å²) in [5.41, 5.74) is 0.959. The van der Waals surface area contributed by atoms with Gasteiger partial charge in [0, 0.05) is 0 Å². The van der Waals surface area contributed by atoms with Crippen molar-refractivity contribution in [3.63, 3.8) is 0 Å². The van der Waals surface area contributed by atoms with Crippen LogP contribution in [0.5, 0.6) is 5.75 Å². The molecule has 0 bridgehead atoms. The van der Waals surface area contributed by atoms with Crippen LogP contribution in [-0.2, 0) is 9.59 Å². The number of amides is 1. The Kier molecular flexibility index (Phi) is 4.03. The summed E-state index contributed by atoms with van der Waals surface area (Å²) >= 11 is 5.81. The van der Waals surface area contributed by atoms with E-state index in [9.17, 15) is 9.59 Å². The second-order valence-corrected chi connectivity index (χ2v) is 3.23. The average molecular weight is 226 g/mol. The van der Waals surface area contributed by atoms with Crippen LogP contribution >= 0.6 is 11.6 Å². The molecular weight excluding hydrogens is 218 g/mol. The Bertz CT molecular complexity index is 425. The first-order chi connectivity index (χ1) is 7.13. The fraction of sp³-hybridized carbons (Fsp3) is 0.200. The van der Waals surface area contributed by atoms with Gasteiger partial charge in [0.15, 0.2) is 6.61 Å². The van der Waals surface area contributed by atoms with Gasteiger partial charge < -0.3 is 4.74 Å². The minimum Gasteiger partial charge on any atom is -0.482 e. The lowest BCUT2D eigenvalue weighted by Crippen LogP contribution is -2.08. The number of aryl methyl sites for hydroxylation is 1. The van der Waals surface area contributed by atoms with Crippen LogP contribution < -0.4 is 4.74 Å². The molecule has 1 amide bonds. The molecule has 0 aliphatic rings. The largest absolute Gasteiger partial charge is 0.482 e. The number of hydrogen-bond donors (Lipinski definition) is 0. The van der Waals surface area contributed by atoms with Crippen LogP contribution in [0.1, 0.15) is 5.56 Å². The highest BCUT2D eigenvalue weighted by molar-refractivity contribution is 6.32. The molecule has 0 N–H and O–H groups in total. The minimum absolute atomic E-state index is 0.321. The first kappa shape index (κ1) is 11.4. The van der Waals surface area contributed by atoms with E-state index < -0.39 is 5.91 Å². The summed E-state index contributed by atoms with van der Waals surface area (Å²) in [6.07, 6.45) is 1.14. The maximum atomic E-state index is 10.8. The molecule has 0 fully saturated rings. The number of isocyanates is 1. The van der Waals surface area contributed by atoms with Crippen LogP contribution in [0.3, 0.4) is 0 Å². The van der Waals surface area contributed by atoms with Gasteiger partial charge in [-0.1, -0.05) is 17.7 Å². The number of carbonyl (C=O) groups is 1. The molecule has 0 atom stereocenters. The monoisotopic (exact) mass is 225 g/mol. The van der Waals surface area contributed by atoms with E-state index in [4.69, 9.17) is 16.3 Å². The Hall–Kier alpha value is -1.64. The summed E-state index contributed by atoms with van der Waals surface area (Å²) in [6.45, 7) is 1.55. The van der Waals surface area contributed by atoms with Crippen LogP contribution in [-0.4, -0.2) is 18.6 Å². The summed E-state index contributed by atoms with van der Waals surface area (Å²) < 4.78 is 5.08. The van der Waals surface area contributed by atoms with Gasteiger partial charge in [-0.3, -0.25) is 4.79 Å². The zero-order valence-corrected chi connectivity index (χ0v) is 8.75. The van der Waals surface area contributed by atoms with Crippen molar-refractivity contribution in [2.45, 2.75) is 6.92 Å². The number of rotatable bonds is 3. The highest BCUT2D eigenvalue weighted by Gasteiger charge is 2.04. The molecule has 0 aliphatic heterocycles. The van der Waals surface area contributed by atoms with Gasteiger partial charge in [-0.25, -0.2) is 4.79 Å². The topological polar surface area (TPSA) is 55.7 Å². The lowest BCUT2D eigenvalue weighted by molar-refractivity contribution is -0.119. The average Bonchev–Trinajstić information content (AvgIpc) is 2.20. The molecule has 78 valence electrons. The van der Waals surface area contributed by atoms with Gasteiger partial charge in [0.05, 0.1) is 5.02 Å². The zero-order chi connectivity index (χ0) is 11.3. The lowest BCUT2D eigenvalue weighted by Gasteiger charge is -2.05. The number of carbonyl (C=O) groups excluding carboxylic acids is 2. The van der Waals surface area contributed by atoms with Crippen molar-refractivity contribution in [1.82, 2.24) is 0 Å². The first-order valence-corrected chi connectivity index (χ1v) is 4.51. The van der Waals surface area contributed by atoms with E-state index in [1.54, 1.807) is 12.1 Å². The highest BCUT2D eigenvalue weighted by atomic mass is 35.5. The van der Waals surface area contributed by atoms with Gasteiger partial charge in [-0.2, -0.15) is 0 Å². The molecule has 5 heteroatoms. The second-order valence-electron chi connectivity index (χ2n) is 2.82. The highest BCUT2D eigenvalue weighted by Crippen LogP contribution is 2.24. The normalized spacial score (nSPS) is 9.20. The van der Waals surface area contributed by atoms with Crippen molar-refractivity contribution in [2.75, 3.05) is 6.61 Å². The quantitative estimate of drug-likeness (QED) is 0.583. The number of benzene rings is 1. The van der Waals surface area contributed by atoms with Crippen LogP contribution in [0.2, 0.25) is 5.02 Å². The van der Waals surface area contributed by atoms with Gasteiger partial charge in [0.1, 0.15) is 5.75 Å². The standard InChI is InChI=1S/C10H8ClNO3/c1-7-2-3-8(11)9(4-7)15-5-10(14)12-6-13/h2-4H,5H2,1H3. The van der Waals surface area contributed by atoms with Gasteiger partial charge in [-0.15, -0.1) is 4.99 Å². The molecule has 0 saturated carbocycles. The Morgan fingerprint density at radius 2 is 2.33 bits per heavy atom. The molecule has 15 heavy (non-hydrogen) atoms. The Labute approximate surface area is 91.5 Å². The van der Waals surface area contributed by atoms with Crippen molar-refractivity contribution in [3.05, 3.63) is 28.8 Å². The summed E-state index contributed by atoms with van der Waals surface area (Å²) in [5, 5.41) is 0.406. The second kappa shape index (κ2) is 5.29. The molecule has 0 aromatic heterocycles. The van der Waals surface area contributed by atoms with E-state index in [0.29, 0.717) is 10.8 Å². The van der Waals surface area contributed by atoms with Gasteiger partial charge in [0.25, 0.3) is 5.91 Å². The summed E-state index contributed by atoms with van der Waals surface area (Å²) in [5.74, 6) is -0.298. The maximum Gasteiger partial charge on any atom is 0.294 e. The van der Waals surface area contributed by atoms with Gasteiger partial charge >= 0.3 is 0 Å². The SMILES string of the molecule is Cc1ccc(Cl)c(OCC(=O)N=C=O)c1. The van der Waals surface area contributed by atoms with E-state index in [-0.39, 0.29) is 6.61 Å². The Balaban J connectivity index is 2.68. The van der Waals surface area contributed by atoms with Crippen LogP contribution in [0.25, 0.3) is 0 Å². The summed E-state index contributed by atoms with van der Waals surface area (Å²) in [6, 6.07) is 5.18. The molecule has 4 nitrogen and oxygen atoms in total. The summed E-state index contributed by atoms with van der Waals surface area (Å²) in [7, 11) is 0. The molecule has 1 aromatic carbocycles. The van der Waals surface area contributed by atoms with E-state index in [0.717, 1.165) is 11.6 Å². The molecule has 0 radical (unpaired) electrons. The third-order valence-electron chi connectivity index (χ3n) is 1.61. The van der Waals surface area contributed by atoms with Crippen LogP contribution in [0, 0.1) is 6.92 Å². The van der Waals surface area contributed by atoms with E-state index in [1.807, 2.05) is 13.0 Å². The smallest absolute Gasteiger partial charge is 0.294 e. The number of ether oxygens (including phenoxy) is 1. The predicted molar refractivity (Wildman–Crippen MR) is 54.8 cm³/mol. The fourth-order valence-electron chi connectivity index (χ4n) is 0.944. The van der Waals surface area contributed by atoms with E-state index in [1.165, 1.54) is 0 Å². The minimum atomic E-state index is -0.692. The number of nitrogens with zero attached hydrogens (tertiary/aromatic N) is 1. The van der Waals surface area contributed by atoms with Crippen molar-refractivity contribution in [2.24, 2.45) is 4.99 Å². The third-order valence-corrected chi connectivity index (χ3v) is 1.92. The molecule has 0 saturated heterocycles. The third kappa shape index (κ3) is 3.54. The van der Waals surface area contributed by atoms with Crippen molar-refractivity contribution in [3.8, 4) is 5.75 Å². The first-order valence-electron chi connectivity index (χ1n) is 4.13. The molecular formula is C10H8ClNO3. The predicted octanol–water partition coefficient (Wildman–Crippen LogP) is 1.89. The van der Waals surface area contributed by atoms with Crippen molar-refractivity contribution in [1.29, 1.82) is 0 Å². The zero-order valence-electron chi connectivity index (χ0n) is 7.99. The Morgan fingerprint density at radius 3 is 3.00 bits per heavy atom. The van der Waals surface area contributed by atoms with Crippen molar-refractivity contribution >= 4 is 23.6 Å². The number of halogens is 1. The Morgan fingerprint density at radius 1 is 1.60 bits per heavy atom. The number of aliphatic imine (C=N–C) groups is 1. The van der Waals surface area contributed by atoms with E-state index in [2.05, 4.69) is 4.99 Å². The van der Waals surface area contributed by atoms with Gasteiger partial charge in [-0.05, 0) is 24.6 Å². The fourth-order valence-corrected chi connectivity index (χ4v) is 1.12. The van der Waals surface area contributed by atoms with Crippen LogP contribution in [0.15, 0.2) is 23.2 Å². The molecule has 0 spiro atoms. The molecule has 0 aliphatic carbocycles. The molecule has 0 heterocycles. The number of hydrogen-bond acceptors (Lipinski definition) is 3. The molecule has 1 aromatic rings. The van der Waals surface area contributed by atoms with Crippen molar-refractivity contribution < 1.29 is 14.3 Å². The lowest BCUT2D eigenvalue weighted by atomic mass is 10.2. The maximum absolute atomic E-state index is 10.8. The molecule has 1 rings (SSSR count). The van der Waals surface area contributed by atoms with Gasteiger partial charge in [0.2, 0.25) is 6.08 Å². The van der Waals surface area contributed by atoms with Crippen LogP contribution in [0.4, 0.5) is 0 Å².